The van der Waals surface area contributed by atoms with Gasteiger partial charge in [0.15, 0.2) is 0 Å². The second-order valence-corrected chi connectivity index (χ2v) is 5.11. The maximum Gasteiger partial charge on any atom is 0.338 e. The van der Waals surface area contributed by atoms with Crippen molar-refractivity contribution in [2.75, 3.05) is 7.05 Å². The lowest BCUT2D eigenvalue weighted by atomic mass is 9.98. The summed E-state index contributed by atoms with van der Waals surface area (Å²) in [5, 5.41) is 8.88. The summed E-state index contributed by atoms with van der Waals surface area (Å²) in [5.41, 5.74) is 0.0974. The summed E-state index contributed by atoms with van der Waals surface area (Å²) in [4.78, 5) is 12.9. The predicted octanol–water partition coefficient (Wildman–Crippen LogP) is 3.14. The Morgan fingerprint density at radius 3 is 2.56 bits per heavy atom. The minimum atomic E-state index is -1.23. The monoisotopic (exact) mass is 253 g/mol. The molecule has 4 heteroatoms. The van der Waals surface area contributed by atoms with Crippen molar-refractivity contribution in [1.29, 1.82) is 0 Å². The van der Waals surface area contributed by atoms with E-state index in [1.54, 1.807) is 12.1 Å². The Bertz CT molecular complexity index is 443. The number of carboxylic acid groups (broad SMARTS) is 1. The Kier molecular flexibility index (Phi) is 4.46. The third kappa shape index (κ3) is 3.07. The van der Waals surface area contributed by atoms with E-state index in [0.717, 1.165) is 6.42 Å². The predicted molar refractivity (Wildman–Crippen MR) is 69.2 cm³/mol. The molecule has 0 saturated heterocycles. The average Bonchev–Trinajstić information content (AvgIpc) is 2.31. The van der Waals surface area contributed by atoms with E-state index in [9.17, 15) is 9.18 Å². The highest BCUT2D eigenvalue weighted by Gasteiger charge is 2.23. The molecule has 0 spiro atoms. The Hall–Kier alpha value is -1.42. The molecular formula is C14H20FNO2. The van der Waals surface area contributed by atoms with Gasteiger partial charge in [0.25, 0.3) is 0 Å². The van der Waals surface area contributed by atoms with Crippen LogP contribution >= 0.6 is 0 Å². The van der Waals surface area contributed by atoms with Crippen LogP contribution in [0, 0.1) is 5.82 Å². The van der Waals surface area contributed by atoms with Gasteiger partial charge in [0.2, 0.25) is 0 Å². The summed E-state index contributed by atoms with van der Waals surface area (Å²) in [5.74, 6) is -1.87. The van der Waals surface area contributed by atoms with Crippen molar-refractivity contribution in [2.45, 2.75) is 39.3 Å². The van der Waals surface area contributed by atoms with Crippen LogP contribution in [-0.4, -0.2) is 28.6 Å². The third-order valence-electron chi connectivity index (χ3n) is 3.62. The number of carboxylic acids is 1. The number of carbonyl (C=O) groups is 1. The number of rotatable bonds is 5. The first-order chi connectivity index (χ1) is 8.29. The van der Waals surface area contributed by atoms with Gasteiger partial charge in [-0.05, 0) is 33.4 Å². The molecule has 100 valence electrons. The molecule has 0 aliphatic heterocycles. The lowest BCUT2D eigenvalue weighted by molar-refractivity contribution is 0.0691. The molecule has 0 aliphatic carbocycles. The van der Waals surface area contributed by atoms with Crippen molar-refractivity contribution in [1.82, 2.24) is 4.90 Å². The number of hydrogen-bond acceptors (Lipinski definition) is 2. The lowest BCUT2D eigenvalue weighted by Gasteiger charge is -2.35. The van der Waals surface area contributed by atoms with E-state index in [0.29, 0.717) is 12.1 Å². The number of halogens is 1. The Labute approximate surface area is 107 Å². The van der Waals surface area contributed by atoms with Crippen molar-refractivity contribution >= 4 is 5.97 Å². The molecule has 1 rings (SSSR count). The number of nitrogens with zero attached hydrogens (tertiary/aromatic N) is 1. The second-order valence-electron chi connectivity index (χ2n) is 5.11. The summed E-state index contributed by atoms with van der Waals surface area (Å²) in [6.07, 6.45) is 0.934. The van der Waals surface area contributed by atoms with Gasteiger partial charge in [-0.25, -0.2) is 9.18 Å². The van der Waals surface area contributed by atoms with Gasteiger partial charge in [-0.15, -0.1) is 0 Å². The molecule has 0 saturated carbocycles. The Morgan fingerprint density at radius 1 is 1.44 bits per heavy atom. The highest BCUT2D eigenvalue weighted by molar-refractivity contribution is 5.88. The fourth-order valence-corrected chi connectivity index (χ4v) is 1.61. The SMILES string of the molecule is CCC(C)(C)N(C)Cc1cccc(C(=O)O)c1F. The van der Waals surface area contributed by atoms with Gasteiger partial charge in [0.1, 0.15) is 5.82 Å². The third-order valence-corrected chi connectivity index (χ3v) is 3.62. The first kappa shape index (κ1) is 14.6. The number of benzene rings is 1. The molecule has 0 aliphatic rings. The minimum absolute atomic E-state index is 0.0499. The van der Waals surface area contributed by atoms with E-state index in [1.807, 2.05) is 11.9 Å². The molecule has 0 amide bonds. The van der Waals surface area contributed by atoms with Gasteiger partial charge < -0.3 is 5.11 Å². The summed E-state index contributed by atoms with van der Waals surface area (Å²) in [7, 11) is 1.91. The smallest absolute Gasteiger partial charge is 0.338 e. The highest BCUT2D eigenvalue weighted by Crippen LogP contribution is 2.21. The maximum atomic E-state index is 14.0. The van der Waals surface area contributed by atoms with Crippen LogP contribution < -0.4 is 0 Å². The zero-order valence-corrected chi connectivity index (χ0v) is 11.3. The van der Waals surface area contributed by atoms with Gasteiger partial charge in [-0.2, -0.15) is 0 Å². The van der Waals surface area contributed by atoms with Crippen LogP contribution in [0.3, 0.4) is 0 Å². The van der Waals surface area contributed by atoms with Crippen LogP contribution in [0.4, 0.5) is 4.39 Å². The second kappa shape index (κ2) is 5.48. The fraction of sp³-hybridized carbons (Fsp3) is 0.500. The highest BCUT2D eigenvalue weighted by atomic mass is 19.1. The van der Waals surface area contributed by atoms with Crippen LogP contribution in [-0.2, 0) is 6.54 Å². The zero-order chi connectivity index (χ0) is 13.9. The van der Waals surface area contributed by atoms with E-state index < -0.39 is 11.8 Å². The number of hydrogen-bond donors (Lipinski definition) is 1. The quantitative estimate of drug-likeness (QED) is 0.876. The zero-order valence-electron chi connectivity index (χ0n) is 11.3. The van der Waals surface area contributed by atoms with E-state index in [4.69, 9.17) is 5.11 Å². The van der Waals surface area contributed by atoms with Crippen molar-refractivity contribution in [2.24, 2.45) is 0 Å². The van der Waals surface area contributed by atoms with E-state index in [-0.39, 0.29) is 11.1 Å². The van der Waals surface area contributed by atoms with Crippen LogP contribution in [0.15, 0.2) is 18.2 Å². The first-order valence-electron chi connectivity index (χ1n) is 6.01. The van der Waals surface area contributed by atoms with Gasteiger partial charge in [-0.1, -0.05) is 19.1 Å². The topological polar surface area (TPSA) is 40.5 Å². The molecule has 0 fully saturated rings. The van der Waals surface area contributed by atoms with Crippen LogP contribution in [0.25, 0.3) is 0 Å². The molecule has 0 heterocycles. The molecule has 0 unspecified atom stereocenters. The minimum Gasteiger partial charge on any atom is -0.478 e. The fourth-order valence-electron chi connectivity index (χ4n) is 1.61. The van der Waals surface area contributed by atoms with Crippen molar-refractivity contribution in [3.8, 4) is 0 Å². The van der Waals surface area contributed by atoms with Crippen LogP contribution in [0.2, 0.25) is 0 Å². The normalized spacial score (nSPS) is 11.9. The van der Waals surface area contributed by atoms with Gasteiger partial charge in [0, 0.05) is 17.6 Å². The molecule has 1 N–H and O–H groups in total. The van der Waals surface area contributed by atoms with Crippen molar-refractivity contribution < 1.29 is 14.3 Å². The molecule has 0 aromatic heterocycles. The molecule has 0 atom stereocenters. The van der Waals surface area contributed by atoms with E-state index in [1.165, 1.54) is 6.07 Å². The average molecular weight is 253 g/mol. The van der Waals surface area contributed by atoms with Crippen LogP contribution in [0.5, 0.6) is 0 Å². The molecular weight excluding hydrogens is 233 g/mol. The van der Waals surface area contributed by atoms with Crippen LogP contribution in [0.1, 0.15) is 43.1 Å². The molecule has 1 aromatic carbocycles. The van der Waals surface area contributed by atoms with Gasteiger partial charge in [-0.3, -0.25) is 4.90 Å². The molecule has 0 radical (unpaired) electrons. The molecule has 18 heavy (non-hydrogen) atoms. The van der Waals surface area contributed by atoms with E-state index in [2.05, 4.69) is 20.8 Å². The maximum absolute atomic E-state index is 14.0. The van der Waals surface area contributed by atoms with E-state index >= 15 is 0 Å². The summed E-state index contributed by atoms with van der Waals surface area (Å²) < 4.78 is 14.0. The molecule has 3 nitrogen and oxygen atoms in total. The standard InChI is InChI=1S/C14H20FNO2/c1-5-14(2,3)16(4)9-10-7-6-8-11(12(10)15)13(17)18/h6-8H,5,9H2,1-4H3,(H,17,18). The summed E-state index contributed by atoms with van der Waals surface area (Å²) in [6, 6.07) is 4.49. The van der Waals surface area contributed by atoms with Gasteiger partial charge >= 0.3 is 5.97 Å². The molecule has 1 aromatic rings. The summed E-state index contributed by atoms with van der Waals surface area (Å²) in [6.45, 7) is 6.62. The largest absolute Gasteiger partial charge is 0.478 e. The Morgan fingerprint density at radius 2 is 2.06 bits per heavy atom. The van der Waals surface area contributed by atoms with Crippen molar-refractivity contribution in [3.63, 3.8) is 0 Å². The van der Waals surface area contributed by atoms with Gasteiger partial charge in [0.05, 0.1) is 5.56 Å². The Balaban J connectivity index is 2.99. The van der Waals surface area contributed by atoms with Crippen molar-refractivity contribution in [3.05, 3.63) is 35.1 Å². The number of aromatic carboxylic acids is 1. The summed E-state index contributed by atoms with van der Waals surface area (Å²) >= 11 is 0. The lowest BCUT2D eigenvalue weighted by Crippen LogP contribution is -2.40. The molecule has 0 bridgehead atoms. The first-order valence-corrected chi connectivity index (χ1v) is 6.01.